The Hall–Kier alpha value is -1.50. The Morgan fingerprint density at radius 3 is 2.57 bits per heavy atom. The summed E-state index contributed by atoms with van der Waals surface area (Å²) in [5.41, 5.74) is 0. The van der Waals surface area contributed by atoms with Crippen LogP contribution in [0.1, 0.15) is 32.1 Å². The lowest BCUT2D eigenvalue weighted by molar-refractivity contribution is -0.138. The fourth-order valence-corrected chi connectivity index (χ4v) is 0.889. The third kappa shape index (κ3) is 8.60. The van der Waals surface area contributed by atoms with Gasteiger partial charge in [-0.2, -0.15) is 0 Å². The normalized spacial score (nSPS) is 9.07. The molecule has 0 bridgehead atoms. The highest BCUT2D eigenvalue weighted by atomic mass is 16.4. The number of nitrogens with one attached hydrogen (secondary N) is 1. The second kappa shape index (κ2) is 8.11. The number of aliphatic carboxylic acids is 1. The van der Waals surface area contributed by atoms with Crippen molar-refractivity contribution >= 4 is 11.9 Å². The van der Waals surface area contributed by atoms with Crippen molar-refractivity contribution in [3.63, 3.8) is 0 Å². The summed E-state index contributed by atoms with van der Waals surface area (Å²) in [6, 6.07) is 0. The standard InChI is InChI=1S/C10H15NO3/c1-2-3-4-5-8-11-9(12)6-7-10(13)14/h1H,3-8H2,(H,11,12)(H,13,14). The van der Waals surface area contributed by atoms with Gasteiger partial charge in [-0.25, -0.2) is 0 Å². The molecule has 4 heteroatoms. The molecule has 4 nitrogen and oxygen atoms in total. The van der Waals surface area contributed by atoms with Crippen LogP contribution in [0.2, 0.25) is 0 Å². The number of carbonyl (C=O) groups is 2. The minimum atomic E-state index is -0.951. The summed E-state index contributed by atoms with van der Waals surface area (Å²) < 4.78 is 0. The van der Waals surface area contributed by atoms with Crippen LogP contribution in [0.5, 0.6) is 0 Å². The van der Waals surface area contributed by atoms with Crippen LogP contribution in [0, 0.1) is 12.3 Å². The van der Waals surface area contributed by atoms with Crippen molar-refractivity contribution in [2.75, 3.05) is 6.54 Å². The SMILES string of the molecule is C#CCCCCNC(=O)CCC(=O)O. The van der Waals surface area contributed by atoms with Crippen molar-refractivity contribution in [1.29, 1.82) is 0 Å². The Labute approximate surface area is 83.7 Å². The summed E-state index contributed by atoms with van der Waals surface area (Å²) in [6.45, 7) is 0.570. The highest BCUT2D eigenvalue weighted by Crippen LogP contribution is 1.93. The Balaban J connectivity index is 3.28. The molecule has 0 atom stereocenters. The third-order valence-electron chi connectivity index (χ3n) is 1.64. The van der Waals surface area contributed by atoms with Gasteiger partial charge in [0.15, 0.2) is 0 Å². The van der Waals surface area contributed by atoms with E-state index in [4.69, 9.17) is 11.5 Å². The van der Waals surface area contributed by atoms with Gasteiger partial charge in [0.2, 0.25) is 5.91 Å². The average molecular weight is 197 g/mol. The first kappa shape index (κ1) is 12.5. The Kier molecular flexibility index (Phi) is 7.24. The van der Waals surface area contributed by atoms with Crippen LogP contribution in [0.3, 0.4) is 0 Å². The fraction of sp³-hybridized carbons (Fsp3) is 0.600. The van der Waals surface area contributed by atoms with E-state index in [0.29, 0.717) is 13.0 Å². The topological polar surface area (TPSA) is 66.4 Å². The van der Waals surface area contributed by atoms with Crippen molar-refractivity contribution in [2.45, 2.75) is 32.1 Å². The van der Waals surface area contributed by atoms with Crippen molar-refractivity contribution in [1.82, 2.24) is 5.32 Å². The Morgan fingerprint density at radius 2 is 2.00 bits per heavy atom. The van der Waals surface area contributed by atoms with Crippen LogP contribution in [-0.2, 0) is 9.59 Å². The van der Waals surface area contributed by atoms with Gasteiger partial charge in [-0.1, -0.05) is 0 Å². The van der Waals surface area contributed by atoms with Gasteiger partial charge < -0.3 is 10.4 Å². The minimum Gasteiger partial charge on any atom is -0.481 e. The summed E-state index contributed by atoms with van der Waals surface area (Å²) >= 11 is 0. The van der Waals surface area contributed by atoms with Gasteiger partial charge >= 0.3 is 5.97 Å². The first-order valence-electron chi connectivity index (χ1n) is 4.58. The predicted molar refractivity (Wildman–Crippen MR) is 52.6 cm³/mol. The molecule has 0 spiro atoms. The van der Waals surface area contributed by atoms with E-state index in [1.165, 1.54) is 0 Å². The molecule has 0 unspecified atom stereocenters. The zero-order chi connectivity index (χ0) is 10.8. The summed E-state index contributed by atoms with van der Waals surface area (Å²) in [4.78, 5) is 21.1. The maximum absolute atomic E-state index is 11.0. The number of amides is 1. The largest absolute Gasteiger partial charge is 0.481 e. The molecule has 2 N–H and O–H groups in total. The molecule has 0 aromatic carbocycles. The lowest BCUT2D eigenvalue weighted by atomic mass is 10.2. The first-order chi connectivity index (χ1) is 6.66. The van der Waals surface area contributed by atoms with Crippen LogP contribution in [-0.4, -0.2) is 23.5 Å². The summed E-state index contributed by atoms with van der Waals surface area (Å²) in [5.74, 6) is 1.34. The van der Waals surface area contributed by atoms with E-state index in [1.807, 2.05) is 0 Å². The number of hydrogen-bond donors (Lipinski definition) is 2. The van der Waals surface area contributed by atoms with Crippen LogP contribution in [0.25, 0.3) is 0 Å². The van der Waals surface area contributed by atoms with Gasteiger partial charge in [-0.15, -0.1) is 12.3 Å². The molecule has 0 rings (SSSR count). The quantitative estimate of drug-likeness (QED) is 0.468. The fourth-order valence-electron chi connectivity index (χ4n) is 0.889. The van der Waals surface area contributed by atoms with E-state index in [0.717, 1.165) is 12.8 Å². The van der Waals surface area contributed by atoms with E-state index in [-0.39, 0.29) is 18.7 Å². The second-order valence-corrected chi connectivity index (χ2v) is 2.90. The van der Waals surface area contributed by atoms with E-state index in [2.05, 4.69) is 11.2 Å². The van der Waals surface area contributed by atoms with Crippen molar-refractivity contribution in [3.05, 3.63) is 0 Å². The molecule has 0 saturated carbocycles. The van der Waals surface area contributed by atoms with Crippen molar-refractivity contribution in [3.8, 4) is 12.3 Å². The molecule has 0 aliphatic heterocycles. The first-order valence-corrected chi connectivity index (χ1v) is 4.58. The average Bonchev–Trinajstić information content (AvgIpc) is 2.14. The maximum atomic E-state index is 11.0. The highest BCUT2D eigenvalue weighted by molar-refractivity contribution is 5.80. The zero-order valence-electron chi connectivity index (χ0n) is 8.08. The zero-order valence-corrected chi connectivity index (χ0v) is 8.08. The smallest absolute Gasteiger partial charge is 0.303 e. The van der Waals surface area contributed by atoms with Gasteiger partial charge in [0, 0.05) is 19.4 Å². The molecule has 0 aromatic heterocycles. The highest BCUT2D eigenvalue weighted by Gasteiger charge is 2.03. The van der Waals surface area contributed by atoms with E-state index < -0.39 is 5.97 Å². The molecule has 1 amide bonds. The maximum Gasteiger partial charge on any atom is 0.303 e. The number of carbonyl (C=O) groups excluding carboxylic acids is 1. The molecule has 0 saturated heterocycles. The van der Waals surface area contributed by atoms with Crippen LogP contribution < -0.4 is 5.32 Å². The number of unbranched alkanes of at least 4 members (excludes halogenated alkanes) is 2. The monoisotopic (exact) mass is 197 g/mol. The summed E-state index contributed by atoms with van der Waals surface area (Å²) in [6.07, 6.45) is 7.41. The van der Waals surface area contributed by atoms with Gasteiger partial charge in [0.25, 0.3) is 0 Å². The molecule has 14 heavy (non-hydrogen) atoms. The molecule has 0 aliphatic rings. The Morgan fingerprint density at radius 1 is 1.29 bits per heavy atom. The lowest BCUT2D eigenvalue weighted by Crippen LogP contribution is -2.24. The van der Waals surface area contributed by atoms with E-state index in [9.17, 15) is 9.59 Å². The van der Waals surface area contributed by atoms with Crippen molar-refractivity contribution < 1.29 is 14.7 Å². The number of hydrogen-bond acceptors (Lipinski definition) is 2. The number of terminal acetylenes is 1. The molecule has 0 heterocycles. The predicted octanol–water partition coefficient (Wildman–Crippen LogP) is 0.771. The number of rotatable bonds is 7. The molecule has 0 aliphatic carbocycles. The van der Waals surface area contributed by atoms with E-state index in [1.54, 1.807) is 0 Å². The molecular formula is C10H15NO3. The van der Waals surface area contributed by atoms with Crippen LogP contribution in [0.15, 0.2) is 0 Å². The molecule has 0 aromatic rings. The summed E-state index contributed by atoms with van der Waals surface area (Å²) in [7, 11) is 0. The van der Waals surface area contributed by atoms with E-state index >= 15 is 0 Å². The van der Waals surface area contributed by atoms with Crippen LogP contribution in [0.4, 0.5) is 0 Å². The Bertz CT molecular complexity index is 230. The molecule has 0 radical (unpaired) electrons. The molecular weight excluding hydrogens is 182 g/mol. The lowest BCUT2D eigenvalue weighted by Gasteiger charge is -2.02. The molecule has 0 fully saturated rings. The van der Waals surface area contributed by atoms with Gasteiger partial charge in [0.05, 0.1) is 6.42 Å². The number of carboxylic acid groups (broad SMARTS) is 1. The number of carboxylic acids is 1. The summed E-state index contributed by atoms with van der Waals surface area (Å²) in [5, 5.41) is 10.9. The minimum absolute atomic E-state index is 0.0461. The van der Waals surface area contributed by atoms with Crippen LogP contribution >= 0.6 is 0 Å². The van der Waals surface area contributed by atoms with Crippen molar-refractivity contribution in [2.24, 2.45) is 0 Å². The molecule has 78 valence electrons. The van der Waals surface area contributed by atoms with Gasteiger partial charge in [0.1, 0.15) is 0 Å². The third-order valence-corrected chi connectivity index (χ3v) is 1.64. The van der Waals surface area contributed by atoms with Gasteiger partial charge in [-0.05, 0) is 12.8 Å². The van der Waals surface area contributed by atoms with Gasteiger partial charge in [-0.3, -0.25) is 9.59 Å². The second-order valence-electron chi connectivity index (χ2n) is 2.90.